The van der Waals surface area contributed by atoms with E-state index in [1.807, 2.05) is 0 Å². The highest BCUT2D eigenvalue weighted by molar-refractivity contribution is 5.04. The maximum Gasteiger partial charge on any atom is 0.114 e. The number of hydrogen-bond donors (Lipinski definition) is 1. The largest absolute Gasteiger partial charge is 0.380 e. The summed E-state index contributed by atoms with van der Waals surface area (Å²) < 4.78 is 0. The predicted molar refractivity (Wildman–Crippen MR) is 89.8 cm³/mol. The monoisotopic (exact) mass is 280 g/mol. The van der Waals surface area contributed by atoms with Gasteiger partial charge in [-0.05, 0) is 19.3 Å². The third kappa shape index (κ3) is 15.6. The molecule has 1 N–H and O–H groups in total. The van der Waals surface area contributed by atoms with Crippen LogP contribution in [-0.4, -0.2) is 11.2 Å². The van der Waals surface area contributed by atoms with Gasteiger partial charge in [-0.3, -0.25) is 0 Å². The van der Waals surface area contributed by atoms with Gasteiger partial charge in [-0.2, -0.15) is 0 Å². The summed E-state index contributed by atoms with van der Waals surface area (Å²) in [5, 5.41) is 9.76. The lowest BCUT2D eigenvalue weighted by Crippen LogP contribution is -2.02. The van der Waals surface area contributed by atoms with Gasteiger partial charge in [0.15, 0.2) is 0 Å². The van der Waals surface area contributed by atoms with Crippen LogP contribution in [-0.2, 0) is 0 Å². The zero-order chi connectivity index (χ0) is 14.9. The smallest absolute Gasteiger partial charge is 0.114 e. The zero-order valence-corrected chi connectivity index (χ0v) is 13.9. The zero-order valence-electron chi connectivity index (χ0n) is 13.9. The summed E-state index contributed by atoms with van der Waals surface area (Å²) >= 11 is 0. The first kappa shape index (κ1) is 19.5. The van der Waals surface area contributed by atoms with Gasteiger partial charge < -0.3 is 5.11 Å². The Morgan fingerprint density at radius 2 is 1.20 bits per heavy atom. The van der Waals surface area contributed by atoms with E-state index in [-0.39, 0.29) is 6.10 Å². The number of aliphatic hydroxyl groups is 1. The summed E-state index contributed by atoms with van der Waals surface area (Å²) in [5.74, 6) is 6.12. The number of unbranched alkanes of at least 4 members (excludes halogenated alkanes) is 11. The third-order valence-corrected chi connectivity index (χ3v) is 3.76. The topological polar surface area (TPSA) is 20.2 Å². The average molecular weight is 280 g/mol. The summed E-state index contributed by atoms with van der Waals surface area (Å²) in [6.45, 7) is 4.48. The van der Waals surface area contributed by atoms with Gasteiger partial charge in [-0.1, -0.05) is 84.0 Å². The molecule has 0 aromatic rings. The first-order valence-corrected chi connectivity index (χ1v) is 8.97. The fourth-order valence-electron chi connectivity index (χ4n) is 2.37. The third-order valence-electron chi connectivity index (χ3n) is 3.76. The molecule has 0 unspecified atom stereocenters. The summed E-state index contributed by atoms with van der Waals surface area (Å²) in [5.41, 5.74) is 0. The highest BCUT2D eigenvalue weighted by Crippen LogP contribution is 2.09. The van der Waals surface area contributed by atoms with Crippen LogP contribution in [0.3, 0.4) is 0 Å². The van der Waals surface area contributed by atoms with E-state index in [0.717, 1.165) is 19.3 Å². The van der Waals surface area contributed by atoms with E-state index in [1.165, 1.54) is 70.6 Å². The minimum Gasteiger partial charge on any atom is -0.380 e. The van der Waals surface area contributed by atoms with Crippen molar-refractivity contribution in [2.75, 3.05) is 0 Å². The van der Waals surface area contributed by atoms with Gasteiger partial charge in [0.25, 0.3) is 0 Å². The van der Waals surface area contributed by atoms with Crippen molar-refractivity contribution in [2.24, 2.45) is 0 Å². The molecule has 0 heterocycles. The Bertz CT molecular complexity index is 236. The molecule has 0 bridgehead atoms. The second-order valence-electron chi connectivity index (χ2n) is 5.91. The van der Waals surface area contributed by atoms with Gasteiger partial charge in [-0.15, -0.1) is 5.92 Å². The van der Waals surface area contributed by atoms with Crippen LogP contribution in [0.2, 0.25) is 0 Å². The number of hydrogen-bond acceptors (Lipinski definition) is 1. The highest BCUT2D eigenvalue weighted by atomic mass is 16.3. The van der Waals surface area contributed by atoms with Crippen LogP contribution in [0, 0.1) is 11.8 Å². The summed E-state index contributed by atoms with van der Waals surface area (Å²) in [4.78, 5) is 0. The van der Waals surface area contributed by atoms with Crippen LogP contribution >= 0.6 is 0 Å². The first-order chi connectivity index (χ1) is 9.81. The van der Waals surface area contributed by atoms with Gasteiger partial charge in [0.05, 0.1) is 0 Å². The molecule has 0 rings (SSSR count). The van der Waals surface area contributed by atoms with E-state index < -0.39 is 0 Å². The second-order valence-corrected chi connectivity index (χ2v) is 5.91. The van der Waals surface area contributed by atoms with Gasteiger partial charge in [-0.25, -0.2) is 0 Å². The van der Waals surface area contributed by atoms with Crippen LogP contribution in [0.1, 0.15) is 104 Å². The Labute approximate surface area is 127 Å². The van der Waals surface area contributed by atoms with Crippen molar-refractivity contribution in [3.05, 3.63) is 0 Å². The van der Waals surface area contributed by atoms with Crippen molar-refractivity contribution >= 4 is 0 Å². The van der Waals surface area contributed by atoms with Gasteiger partial charge in [0, 0.05) is 6.42 Å². The molecule has 118 valence electrons. The first-order valence-electron chi connectivity index (χ1n) is 8.97. The van der Waals surface area contributed by atoms with E-state index in [4.69, 9.17) is 0 Å². The molecule has 1 atom stereocenters. The van der Waals surface area contributed by atoms with Crippen LogP contribution in [0.5, 0.6) is 0 Å². The normalized spacial score (nSPS) is 11.9. The molecule has 1 nitrogen and oxygen atoms in total. The van der Waals surface area contributed by atoms with Crippen LogP contribution < -0.4 is 0 Å². The van der Waals surface area contributed by atoms with Crippen molar-refractivity contribution in [1.82, 2.24) is 0 Å². The van der Waals surface area contributed by atoms with Gasteiger partial charge in [0.2, 0.25) is 0 Å². The number of rotatable bonds is 13. The fraction of sp³-hybridized carbons (Fsp3) is 0.895. The van der Waals surface area contributed by atoms with Crippen LogP contribution in [0.4, 0.5) is 0 Å². The summed E-state index contributed by atoms with van der Waals surface area (Å²) in [6.07, 6.45) is 17.0. The average Bonchev–Trinajstić information content (AvgIpc) is 2.45. The van der Waals surface area contributed by atoms with E-state index >= 15 is 0 Å². The lowest BCUT2D eigenvalue weighted by atomic mass is 10.1. The molecule has 0 aliphatic carbocycles. The summed E-state index contributed by atoms with van der Waals surface area (Å²) in [6, 6.07) is 0. The molecule has 0 amide bonds. The van der Waals surface area contributed by atoms with E-state index in [0.29, 0.717) is 0 Å². The molecule has 0 aromatic heterocycles. The van der Waals surface area contributed by atoms with E-state index in [2.05, 4.69) is 25.7 Å². The van der Waals surface area contributed by atoms with E-state index in [1.54, 1.807) is 0 Å². The highest BCUT2D eigenvalue weighted by Gasteiger charge is 1.98. The summed E-state index contributed by atoms with van der Waals surface area (Å²) in [7, 11) is 0. The molecule has 0 fully saturated rings. The minimum atomic E-state index is -0.388. The maximum atomic E-state index is 9.76. The number of aliphatic hydroxyl groups excluding tert-OH is 1. The van der Waals surface area contributed by atoms with Crippen LogP contribution in [0.15, 0.2) is 0 Å². The van der Waals surface area contributed by atoms with Crippen molar-refractivity contribution in [3.8, 4) is 11.8 Å². The molecule has 0 saturated heterocycles. The maximum absolute atomic E-state index is 9.76. The standard InChI is InChI=1S/C19H36O/c1-3-5-7-9-11-13-15-17-19(20)18-16-14-12-10-8-6-4-2/h19-20H,3-15,17H2,1-2H3/t19-/m0/s1. The predicted octanol–water partition coefficient (Wildman–Crippen LogP) is 5.85. The molecule has 0 aliphatic rings. The Hall–Kier alpha value is -0.480. The molecule has 1 heteroatoms. The lowest BCUT2D eigenvalue weighted by molar-refractivity contribution is 0.217. The molecule has 0 saturated carbocycles. The van der Waals surface area contributed by atoms with Crippen molar-refractivity contribution in [2.45, 2.75) is 110 Å². The van der Waals surface area contributed by atoms with Gasteiger partial charge in [0.1, 0.15) is 6.10 Å². The quantitative estimate of drug-likeness (QED) is 0.331. The van der Waals surface area contributed by atoms with Crippen molar-refractivity contribution in [1.29, 1.82) is 0 Å². The molecule has 0 aromatic carbocycles. The van der Waals surface area contributed by atoms with E-state index in [9.17, 15) is 5.11 Å². The Balaban J connectivity index is 3.29. The molecular weight excluding hydrogens is 244 g/mol. The van der Waals surface area contributed by atoms with Gasteiger partial charge >= 0.3 is 0 Å². The SMILES string of the molecule is CCCCCCCC#C[C@@H](O)CCCCCCCCC. The molecule has 20 heavy (non-hydrogen) atoms. The van der Waals surface area contributed by atoms with Crippen LogP contribution in [0.25, 0.3) is 0 Å². The Kier molecular flexibility index (Phi) is 16.2. The lowest BCUT2D eigenvalue weighted by Gasteiger charge is -2.03. The fourth-order valence-corrected chi connectivity index (χ4v) is 2.37. The Morgan fingerprint density at radius 3 is 1.80 bits per heavy atom. The molecule has 0 aliphatic heterocycles. The molecular formula is C19H36O. The molecule has 0 radical (unpaired) electrons. The minimum absolute atomic E-state index is 0.388. The Morgan fingerprint density at radius 1 is 0.700 bits per heavy atom. The van der Waals surface area contributed by atoms with Crippen molar-refractivity contribution < 1.29 is 5.11 Å². The second kappa shape index (κ2) is 16.6. The van der Waals surface area contributed by atoms with Crippen molar-refractivity contribution in [3.63, 3.8) is 0 Å². The molecule has 0 spiro atoms.